The molecule has 0 radical (unpaired) electrons. The fourth-order valence-corrected chi connectivity index (χ4v) is 4.29. The van der Waals surface area contributed by atoms with Gasteiger partial charge in [-0.1, -0.05) is 0 Å². The molecular formula is C17H19N3O2S. The third-order valence-electron chi connectivity index (χ3n) is 4.68. The lowest BCUT2D eigenvalue weighted by Gasteiger charge is -2.20. The number of ether oxygens (including phenoxy) is 1. The number of fused-ring (bicyclic) bond motifs is 2. The van der Waals surface area contributed by atoms with Gasteiger partial charge in [0.25, 0.3) is 5.91 Å². The lowest BCUT2D eigenvalue weighted by Crippen LogP contribution is -2.42. The van der Waals surface area contributed by atoms with Crippen molar-refractivity contribution in [3.8, 4) is 16.3 Å². The van der Waals surface area contributed by atoms with Crippen LogP contribution < -0.4 is 15.4 Å². The first-order chi connectivity index (χ1) is 11.2. The van der Waals surface area contributed by atoms with Crippen LogP contribution in [0, 0.1) is 0 Å². The van der Waals surface area contributed by atoms with Crippen molar-refractivity contribution in [1.82, 2.24) is 15.6 Å². The van der Waals surface area contributed by atoms with E-state index in [0.29, 0.717) is 17.0 Å². The number of hydrogen-bond donors (Lipinski definition) is 2. The highest BCUT2D eigenvalue weighted by Gasteiger charge is 2.39. The molecular weight excluding hydrogens is 310 g/mol. The Hall–Kier alpha value is -1.92. The normalized spacial score (nSPS) is 25.5. The molecule has 23 heavy (non-hydrogen) atoms. The number of carbonyl (C=O) groups is 1. The minimum absolute atomic E-state index is 0.0124. The Morgan fingerprint density at radius 3 is 2.83 bits per heavy atom. The summed E-state index contributed by atoms with van der Waals surface area (Å²) in [4.78, 5) is 17.5. The van der Waals surface area contributed by atoms with E-state index in [0.717, 1.165) is 29.2 Å². The van der Waals surface area contributed by atoms with E-state index >= 15 is 0 Å². The van der Waals surface area contributed by atoms with Gasteiger partial charge in [-0.15, -0.1) is 11.3 Å². The van der Waals surface area contributed by atoms with Crippen molar-refractivity contribution in [2.45, 2.75) is 37.4 Å². The predicted octanol–water partition coefficient (Wildman–Crippen LogP) is 2.44. The maximum atomic E-state index is 12.4. The summed E-state index contributed by atoms with van der Waals surface area (Å²) in [5.74, 6) is 0.800. The highest BCUT2D eigenvalue weighted by Crippen LogP contribution is 2.30. The predicted molar refractivity (Wildman–Crippen MR) is 89.9 cm³/mol. The number of amides is 1. The van der Waals surface area contributed by atoms with Gasteiger partial charge >= 0.3 is 0 Å². The molecule has 2 aromatic rings. The number of nitrogens with one attached hydrogen (secondary N) is 2. The van der Waals surface area contributed by atoms with Crippen molar-refractivity contribution < 1.29 is 9.53 Å². The van der Waals surface area contributed by atoms with Crippen LogP contribution in [0.2, 0.25) is 0 Å². The zero-order valence-electron chi connectivity index (χ0n) is 12.9. The van der Waals surface area contributed by atoms with Crippen LogP contribution in [0.5, 0.6) is 5.75 Å². The quantitative estimate of drug-likeness (QED) is 0.904. The van der Waals surface area contributed by atoms with Gasteiger partial charge in [-0.25, -0.2) is 4.98 Å². The number of methoxy groups -OCH3 is 1. The Morgan fingerprint density at radius 2 is 2.17 bits per heavy atom. The number of thiazole rings is 1. The molecule has 3 atom stereocenters. The van der Waals surface area contributed by atoms with Crippen LogP contribution in [-0.2, 0) is 0 Å². The van der Waals surface area contributed by atoms with E-state index in [9.17, 15) is 4.79 Å². The first-order valence-electron chi connectivity index (χ1n) is 7.90. The molecule has 1 aromatic carbocycles. The van der Waals surface area contributed by atoms with Crippen molar-refractivity contribution >= 4 is 17.2 Å². The summed E-state index contributed by atoms with van der Waals surface area (Å²) in [7, 11) is 1.64. The highest BCUT2D eigenvalue weighted by atomic mass is 32.1. The maximum absolute atomic E-state index is 12.4. The molecule has 2 aliphatic heterocycles. The van der Waals surface area contributed by atoms with Gasteiger partial charge < -0.3 is 15.4 Å². The van der Waals surface area contributed by atoms with Crippen molar-refractivity contribution in [2.75, 3.05) is 7.11 Å². The van der Waals surface area contributed by atoms with Crippen molar-refractivity contribution in [2.24, 2.45) is 0 Å². The smallest absolute Gasteiger partial charge is 0.263 e. The molecule has 0 aliphatic carbocycles. The molecule has 4 rings (SSSR count). The topological polar surface area (TPSA) is 63.2 Å². The van der Waals surface area contributed by atoms with E-state index in [1.807, 2.05) is 24.3 Å². The largest absolute Gasteiger partial charge is 0.497 e. The second-order valence-corrected chi connectivity index (χ2v) is 7.15. The number of aromatic nitrogens is 1. The van der Waals surface area contributed by atoms with Gasteiger partial charge in [-0.3, -0.25) is 4.79 Å². The molecule has 2 N–H and O–H groups in total. The molecule has 0 spiro atoms. The van der Waals surface area contributed by atoms with Crippen LogP contribution in [-0.4, -0.2) is 36.1 Å². The Balaban J connectivity index is 1.45. The second kappa shape index (κ2) is 5.94. The number of rotatable bonds is 4. The number of benzene rings is 1. The van der Waals surface area contributed by atoms with Crippen molar-refractivity contribution in [1.29, 1.82) is 0 Å². The van der Waals surface area contributed by atoms with Gasteiger partial charge in [0.05, 0.1) is 13.3 Å². The van der Waals surface area contributed by atoms with Crippen LogP contribution in [0.25, 0.3) is 10.6 Å². The SMILES string of the molecule is COc1ccc(-c2ncc(C(=O)NC3CC4CCC3N4)s2)cc1. The molecule has 3 unspecified atom stereocenters. The minimum Gasteiger partial charge on any atom is -0.497 e. The van der Waals surface area contributed by atoms with Gasteiger partial charge in [0.2, 0.25) is 0 Å². The molecule has 3 heterocycles. The average molecular weight is 329 g/mol. The number of hydrogen-bond acceptors (Lipinski definition) is 5. The Kier molecular flexibility index (Phi) is 3.79. The minimum atomic E-state index is -0.0124. The van der Waals surface area contributed by atoms with E-state index in [4.69, 9.17) is 4.74 Å². The van der Waals surface area contributed by atoms with Crippen molar-refractivity contribution in [3.05, 3.63) is 35.3 Å². The van der Waals surface area contributed by atoms with Gasteiger partial charge in [0.1, 0.15) is 15.6 Å². The van der Waals surface area contributed by atoms with Crippen LogP contribution in [0.1, 0.15) is 28.9 Å². The lowest BCUT2D eigenvalue weighted by molar-refractivity contribution is 0.0935. The summed E-state index contributed by atoms with van der Waals surface area (Å²) in [6.45, 7) is 0. The molecule has 1 aromatic heterocycles. The third-order valence-corrected chi connectivity index (χ3v) is 5.73. The molecule has 2 saturated heterocycles. The Labute approximate surface area is 139 Å². The third kappa shape index (κ3) is 2.84. The Bertz CT molecular complexity index is 713. The number of carbonyl (C=O) groups excluding carboxylic acids is 1. The average Bonchev–Trinajstić information content (AvgIpc) is 3.31. The second-order valence-electron chi connectivity index (χ2n) is 6.12. The van der Waals surface area contributed by atoms with Crippen LogP contribution in [0.15, 0.2) is 30.5 Å². The summed E-state index contributed by atoms with van der Waals surface area (Å²) < 4.78 is 5.16. The van der Waals surface area contributed by atoms with Crippen LogP contribution >= 0.6 is 11.3 Å². The summed E-state index contributed by atoms with van der Waals surface area (Å²) in [5, 5.41) is 7.55. The molecule has 6 heteroatoms. The van der Waals surface area contributed by atoms with E-state index in [-0.39, 0.29) is 11.9 Å². The maximum Gasteiger partial charge on any atom is 0.263 e. The summed E-state index contributed by atoms with van der Waals surface area (Å²) in [5.41, 5.74) is 0.997. The molecule has 0 saturated carbocycles. The van der Waals surface area contributed by atoms with Gasteiger partial charge in [-0.05, 0) is 43.5 Å². The van der Waals surface area contributed by atoms with Crippen LogP contribution in [0.4, 0.5) is 0 Å². The first-order valence-corrected chi connectivity index (χ1v) is 8.72. The molecule has 2 fully saturated rings. The first kappa shape index (κ1) is 14.7. The zero-order chi connectivity index (χ0) is 15.8. The summed E-state index contributed by atoms with van der Waals surface area (Å²) in [6, 6.07) is 9.00. The van der Waals surface area contributed by atoms with Gasteiger partial charge in [0.15, 0.2) is 0 Å². The van der Waals surface area contributed by atoms with Gasteiger partial charge in [-0.2, -0.15) is 0 Å². The highest BCUT2D eigenvalue weighted by molar-refractivity contribution is 7.16. The van der Waals surface area contributed by atoms with Crippen LogP contribution in [0.3, 0.4) is 0 Å². The fraction of sp³-hybridized carbons (Fsp3) is 0.412. The lowest BCUT2D eigenvalue weighted by atomic mass is 9.95. The van der Waals surface area contributed by atoms with E-state index < -0.39 is 0 Å². The molecule has 120 valence electrons. The zero-order valence-corrected chi connectivity index (χ0v) is 13.7. The van der Waals surface area contributed by atoms with E-state index in [2.05, 4.69) is 15.6 Å². The fourth-order valence-electron chi connectivity index (χ4n) is 3.47. The standard InChI is InChI=1S/C17H19N3O2S/c1-22-12-5-2-10(3-6-12)17-18-9-15(23-17)16(21)20-14-8-11-4-7-13(14)19-11/h2-3,5-6,9,11,13-14,19H,4,7-8H2,1H3,(H,20,21). The van der Waals surface area contributed by atoms with Crippen molar-refractivity contribution in [3.63, 3.8) is 0 Å². The monoisotopic (exact) mass is 329 g/mol. The molecule has 1 amide bonds. The molecule has 5 nitrogen and oxygen atoms in total. The van der Waals surface area contributed by atoms with E-state index in [1.54, 1.807) is 13.3 Å². The van der Waals surface area contributed by atoms with Gasteiger partial charge in [0, 0.05) is 23.7 Å². The molecule has 2 bridgehead atoms. The van der Waals surface area contributed by atoms with E-state index in [1.165, 1.54) is 17.8 Å². The number of nitrogens with zero attached hydrogens (tertiary/aromatic N) is 1. The molecule has 2 aliphatic rings. The summed E-state index contributed by atoms with van der Waals surface area (Å²) >= 11 is 1.43. The Morgan fingerprint density at radius 1 is 1.35 bits per heavy atom. The summed E-state index contributed by atoms with van der Waals surface area (Å²) in [6.07, 6.45) is 5.11.